The molecule has 20 heavy (non-hydrogen) atoms. The van der Waals surface area contributed by atoms with E-state index in [1.165, 1.54) is 16.7 Å². The number of hydrogen-bond acceptors (Lipinski definition) is 5. The molecule has 1 rings (SSSR count). The molecule has 1 fully saturated rings. The normalized spacial score (nSPS) is 23.8. The van der Waals surface area contributed by atoms with E-state index in [1.54, 1.807) is 20.8 Å². The molecule has 1 saturated heterocycles. The fourth-order valence-corrected chi connectivity index (χ4v) is 2.57. The van der Waals surface area contributed by atoms with E-state index >= 15 is 0 Å². The highest BCUT2D eigenvalue weighted by Crippen LogP contribution is 2.34. The molecular weight excluding hydrogens is 278 g/mol. The Bertz CT molecular complexity index is 384. The summed E-state index contributed by atoms with van der Waals surface area (Å²) >= 11 is 1.50. The summed E-state index contributed by atoms with van der Waals surface area (Å²) in [5.74, 6) is 0.148. The fourth-order valence-electron chi connectivity index (χ4n) is 1.96. The molecule has 5 nitrogen and oxygen atoms in total. The number of hydrogen-bond donors (Lipinski definition) is 0. The first-order valence-electron chi connectivity index (χ1n) is 6.68. The Kier molecular flexibility index (Phi) is 5.00. The summed E-state index contributed by atoms with van der Waals surface area (Å²) < 4.78 is 10.8. The molecular formula is C14H25NO4S. The van der Waals surface area contributed by atoms with Crippen LogP contribution in [0.4, 0.5) is 4.79 Å². The Morgan fingerprint density at radius 1 is 1.30 bits per heavy atom. The molecule has 0 bridgehead atoms. The van der Waals surface area contributed by atoms with Crippen LogP contribution in [0.2, 0.25) is 0 Å². The van der Waals surface area contributed by atoms with Gasteiger partial charge in [0.05, 0.1) is 0 Å². The largest absolute Gasteiger partial charge is 0.444 e. The van der Waals surface area contributed by atoms with Crippen LogP contribution in [0, 0.1) is 5.41 Å². The number of thioether (sulfide) groups is 1. The average molecular weight is 303 g/mol. The smallest absolute Gasteiger partial charge is 0.414 e. The summed E-state index contributed by atoms with van der Waals surface area (Å²) in [5, 5.41) is 0. The zero-order valence-electron chi connectivity index (χ0n) is 13.4. The monoisotopic (exact) mass is 303 g/mol. The van der Waals surface area contributed by atoms with Gasteiger partial charge in [-0.15, -0.1) is 0 Å². The SMILES string of the molecule is CSC[C@@H]1C(=O)O[C@H](C(C)(C)C)N1C(=O)OC(C)(C)C. The Morgan fingerprint density at radius 3 is 2.25 bits per heavy atom. The van der Waals surface area contributed by atoms with Gasteiger partial charge in [0.15, 0.2) is 6.23 Å². The summed E-state index contributed by atoms with van der Waals surface area (Å²) in [6.07, 6.45) is 0.801. The third kappa shape index (κ3) is 4.04. The zero-order valence-corrected chi connectivity index (χ0v) is 14.2. The lowest BCUT2D eigenvalue weighted by molar-refractivity contribution is -0.147. The second kappa shape index (κ2) is 5.84. The van der Waals surface area contributed by atoms with E-state index in [0.29, 0.717) is 5.75 Å². The van der Waals surface area contributed by atoms with Gasteiger partial charge in [-0.1, -0.05) is 20.8 Å². The minimum Gasteiger partial charge on any atom is -0.444 e. The lowest BCUT2D eigenvalue weighted by atomic mass is 9.93. The van der Waals surface area contributed by atoms with Crippen LogP contribution in [-0.4, -0.2) is 46.8 Å². The molecule has 2 atom stereocenters. The maximum absolute atomic E-state index is 12.4. The molecule has 1 aliphatic heterocycles. The van der Waals surface area contributed by atoms with Crippen LogP contribution in [0.1, 0.15) is 41.5 Å². The number of ether oxygens (including phenoxy) is 2. The van der Waals surface area contributed by atoms with Crippen molar-refractivity contribution < 1.29 is 19.1 Å². The van der Waals surface area contributed by atoms with Gasteiger partial charge in [0.25, 0.3) is 0 Å². The maximum Gasteiger partial charge on any atom is 0.414 e. The highest BCUT2D eigenvalue weighted by atomic mass is 32.2. The molecule has 0 unspecified atom stereocenters. The second-order valence-electron chi connectivity index (χ2n) is 7.01. The van der Waals surface area contributed by atoms with Crippen LogP contribution < -0.4 is 0 Å². The second-order valence-corrected chi connectivity index (χ2v) is 7.92. The van der Waals surface area contributed by atoms with E-state index in [1.807, 2.05) is 27.0 Å². The number of nitrogens with zero attached hydrogens (tertiary/aromatic N) is 1. The van der Waals surface area contributed by atoms with E-state index in [4.69, 9.17) is 9.47 Å². The van der Waals surface area contributed by atoms with Crippen molar-refractivity contribution >= 4 is 23.8 Å². The van der Waals surface area contributed by atoms with E-state index in [2.05, 4.69) is 0 Å². The summed E-state index contributed by atoms with van der Waals surface area (Å²) in [7, 11) is 0. The first kappa shape index (κ1) is 17.1. The molecule has 6 heteroatoms. The van der Waals surface area contributed by atoms with Crippen LogP contribution in [0.5, 0.6) is 0 Å². The highest BCUT2D eigenvalue weighted by Gasteiger charge is 2.50. The quantitative estimate of drug-likeness (QED) is 0.734. The first-order chi connectivity index (χ1) is 8.97. The Morgan fingerprint density at radius 2 is 1.85 bits per heavy atom. The molecule has 0 N–H and O–H groups in total. The molecule has 0 spiro atoms. The van der Waals surface area contributed by atoms with Crippen molar-refractivity contribution in [3.63, 3.8) is 0 Å². The summed E-state index contributed by atoms with van der Waals surface area (Å²) in [6.45, 7) is 11.2. The van der Waals surface area contributed by atoms with Gasteiger partial charge in [0, 0.05) is 11.2 Å². The maximum atomic E-state index is 12.4. The van der Waals surface area contributed by atoms with Crippen molar-refractivity contribution in [1.82, 2.24) is 4.90 Å². The number of rotatable bonds is 2. The minimum absolute atomic E-state index is 0.356. The molecule has 0 radical (unpaired) electrons. The van der Waals surface area contributed by atoms with E-state index in [9.17, 15) is 9.59 Å². The standard InChI is InChI=1S/C14H25NO4S/c1-13(2,3)11-15(12(17)19-14(4,5)6)9(8-20-7)10(16)18-11/h9,11H,8H2,1-7H3/t9-,11-/m1/s1. The van der Waals surface area contributed by atoms with Crippen LogP contribution in [0.15, 0.2) is 0 Å². The third-order valence-corrected chi connectivity index (χ3v) is 3.41. The Labute approximate surface area is 125 Å². The third-order valence-electron chi connectivity index (χ3n) is 2.76. The van der Waals surface area contributed by atoms with Crippen molar-refractivity contribution in [2.24, 2.45) is 5.41 Å². The van der Waals surface area contributed by atoms with Crippen LogP contribution in [0.3, 0.4) is 0 Å². The predicted molar refractivity (Wildman–Crippen MR) is 79.6 cm³/mol. The summed E-state index contributed by atoms with van der Waals surface area (Å²) in [5.41, 5.74) is -0.964. The first-order valence-corrected chi connectivity index (χ1v) is 8.07. The van der Waals surface area contributed by atoms with E-state index in [0.717, 1.165) is 0 Å². The number of amides is 1. The summed E-state index contributed by atoms with van der Waals surface area (Å²) in [4.78, 5) is 25.9. The van der Waals surface area contributed by atoms with Gasteiger partial charge in [-0.25, -0.2) is 9.59 Å². The predicted octanol–water partition coefficient (Wildman–Crippen LogP) is 2.88. The molecule has 0 aromatic heterocycles. The van der Waals surface area contributed by atoms with Gasteiger partial charge in [0.2, 0.25) is 0 Å². The molecule has 0 aliphatic carbocycles. The van der Waals surface area contributed by atoms with Gasteiger partial charge < -0.3 is 9.47 Å². The summed E-state index contributed by atoms with van der Waals surface area (Å²) in [6, 6.07) is -0.580. The number of carbonyl (C=O) groups excluding carboxylic acids is 2. The molecule has 116 valence electrons. The number of cyclic esters (lactones) is 1. The lowest BCUT2D eigenvalue weighted by Crippen LogP contribution is -2.50. The number of carbonyl (C=O) groups is 2. The van der Waals surface area contributed by atoms with Crippen LogP contribution in [0.25, 0.3) is 0 Å². The van der Waals surface area contributed by atoms with Crippen LogP contribution >= 0.6 is 11.8 Å². The Hall–Kier alpha value is -0.910. The van der Waals surface area contributed by atoms with Crippen molar-refractivity contribution in [3.8, 4) is 0 Å². The fraction of sp³-hybridized carbons (Fsp3) is 0.857. The van der Waals surface area contributed by atoms with Gasteiger partial charge in [-0.05, 0) is 27.0 Å². The number of esters is 1. The van der Waals surface area contributed by atoms with E-state index in [-0.39, 0.29) is 11.4 Å². The van der Waals surface area contributed by atoms with Gasteiger partial charge in [0.1, 0.15) is 11.6 Å². The van der Waals surface area contributed by atoms with Gasteiger partial charge in [-0.2, -0.15) is 11.8 Å². The van der Waals surface area contributed by atoms with Gasteiger partial charge in [-0.3, -0.25) is 4.90 Å². The molecule has 0 saturated carbocycles. The molecule has 0 aromatic carbocycles. The van der Waals surface area contributed by atoms with Crippen molar-refractivity contribution in [2.75, 3.05) is 12.0 Å². The van der Waals surface area contributed by atoms with Crippen molar-refractivity contribution in [3.05, 3.63) is 0 Å². The molecule has 1 heterocycles. The molecule has 1 aliphatic rings. The average Bonchev–Trinajstić information content (AvgIpc) is 2.54. The topological polar surface area (TPSA) is 55.8 Å². The Balaban J connectivity index is 3.04. The minimum atomic E-state index is -0.602. The van der Waals surface area contributed by atoms with E-state index < -0.39 is 24.0 Å². The van der Waals surface area contributed by atoms with Crippen molar-refractivity contribution in [2.45, 2.75) is 59.4 Å². The molecule has 0 aromatic rings. The molecule has 1 amide bonds. The van der Waals surface area contributed by atoms with Crippen molar-refractivity contribution in [1.29, 1.82) is 0 Å². The highest BCUT2D eigenvalue weighted by molar-refractivity contribution is 7.98. The van der Waals surface area contributed by atoms with Gasteiger partial charge >= 0.3 is 12.1 Å². The lowest BCUT2D eigenvalue weighted by Gasteiger charge is -2.35. The van der Waals surface area contributed by atoms with Crippen LogP contribution in [-0.2, 0) is 14.3 Å². The zero-order chi connectivity index (χ0) is 15.7.